The molecule has 0 bridgehead atoms. The first kappa shape index (κ1) is 14.4. The Hall–Kier alpha value is -1.98. The molecule has 0 amide bonds. The van der Waals surface area contributed by atoms with Crippen molar-refractivity contribution >= 4 is 15.8 Å². The van der Waals surface area contributed by atoms with E-state index in [-0.39, 0.29) is 10.7 Å². The van der Waals surface area contributed by atoms with Gasteiger partial charge in [0.15, 0.2) is 5.78 Å². The summed E-state index contributed by atoms with van der Waals surface area (Å²) < 4.78 is 22.2. The highest BCUT2D eigenvalue weighted by molar-refractivity contribution is 7.89. The quantitative estimate of drug-likeness (QED) is 0.857. The van der Waals surface area contributed by atoms with Crippen molar-refractivity contribution in [3.05, 3.63) is 65.7 Å². The molecular formula is C15H15NO3S. The van der Waals surface area contributed by atoms with Crippen LogP contribution >= 0.6 is 0 Å². The molecule has 104 valence electrons. The van der Waals surface area contributed by atoms with Crippen molar-refractivity contribution in [2.24, 2.45) is 5.14 Å². The Bertz CT molecular complexity index is 692. The molecule has 0 saturated carbocycles. The number of primary sulfonamides is 1. The van der Waals surface area contributed by atoms with Crippen LogP contribution in [0.4, 0.5) is 0 Å². The molecule has 20 heavy (non-hydrogen) atoms. The first-order valence-electron chi connectivity index (χ1n) is 6.17. The van der Waals surface area contributed by atoms with Gasteiger partial charge in [-0.3, -0.25) is 4.79 Å². The van der Waals surface area contributed by atoms with Gasteiger partial charge in [0.2, 0.25) is 10.0 Å². The van der Waals surface area contributed by atoms with Gasteiger partial charge in [-0.15, -0.1) is 0 Å². The van der Waals surface area contributed by atoms with Crippen LogP contribution in [0.25, 0.3) is 0 Å². The summed E-state index contributed by atoms with van der Waals surface area (Å²) in [6, 6.07) is 15.4. The Morgan fingerprint density at radius 1 is 0.950 bits per heavy atom. The highest BCUT2D eigenvalue weighted by Crippen LogP contribution is 2.12. The Morgan fingerprint density at radius 3 is 2.10 bits per heavy atom. The van der Waals surface area contributed by atoms with Crippen LogP contribution in [-0.4, -0.2) is 14.2 Å². The Kier molecular flexibility index (Phi) is 4.32. The molecule has 0 aromatic heterocycles. The molecule has 2 aromatic carbocycles. The molecule has 0 atom stereocenters. The lowest BCUT2D eigenvalue weighted by atomic mass is 10.0. The van der Waals surface area contributed by atoms with Crippen LogP contribution in [0.2, 0.25) is 0 Å². The third-order valence-electron chi connectivity index (χ3n) is 2.99. The maximum absolute atomic E-state index is 11.9. The molecule has 0 aliphatic carbocycles. The first-order valence-corrected chi connectivity index (χ1v) is 7.71. The minimum absolute atomic E-state index is 0.0705. The molecule has 4 nitrogen and oxygen atoms in total. The number of aryl methyl sites for hydroxylation is 1. The molecule has 0 saturated heterocycles. The van der Waals surface area contributed by atoms with E-state index >= 15 is 0 Å². The van der Waals surface area contributed by atoms with Gasteiger partial charge >= 0.3 is 0 Å². The topological polar surface area (TPSA) is 77.2 Å². The number of carbonyl (C=O) groups is 1. The molecule has 0 heterocycles. The van der Waals surface area contributed by atoms with Crippen LogP contribution in [0.1, 0.15) is 22.3 Å². The fourth-order valence-corrected chi connectivity index (χ4v) is 2.39. The number of carbonyl (C=O) groups excluding carboxylic acids is 1. The highest BCUT2D eigenvalue weighted by Gasteiger charge is 2.08. The first-order chi connectivity index (χ1) is 9.47. The van der Waals surface area contributed by atoms with Crippen LogP contribution < -0.4 is 5.14 Å². The van der Waals surface area contributed by atoms with Gasteiger partial charge in [-0.05, 0) is 24.1 Å². The normalized spacial score (nSPS) is 11.2. The summed E-state index contributed by atoms with van der Waals surface area (Å²) >= 11 is 0. The van der Waals surface area contributed by atoms with E-state index in [2.05, 4.69) is 0 Å². The largest absolute Gasteiger partial charge is 0.294 e. The molecule has 5 heteroatoms. The monoisotopic (exact) mass is 289 g/mol. The summed E-state index contributed by atoms with van der Waals surface area (Å²) in [6.45, 7) is 0. The maximum Gasteiger partial charge on any atom is 0.238 e. The third kappa shape index (κ3) is 3.76. The smallest absolute Gasteiger partial charge is 0.238 e. The lowest BCUT2D eigenvalue weighted by Gasteiger charge is -2.03. The second-order valence-electron chi connectivity index (χ2n) is 4.48. The minimum atomic E-state index is -3.66. The number of ketones is 1. The van der Waals surface area contributed by atoms with Crippen molar-refractivity contribution in [2.75, 3.05) is 0 Å². The van der Waals surface area contributed by atoms with E-state index < -0.39 is 10.0 Å². The zero-order chi connectivity index (χ0) is 14.6. The van der Waals surface area contributed by atoms with Crippen molar-refractivity contribution in [3.63, 3.8) is 0 Å². The van der Waals surface area contributed by atoms with Crippen LogP contribution in [0, 0.1) is 0 Å². The van der Waals surface area contributed by atoms with Gasteiger partial charge in [0.25, 0.3) is 0 Å². The lowest BCUT2D eigenvalue weighted by molar-refractivity contribution is 0.0983. The highest BCUT2D eigenvalue weighted by atomic mass is 32.2. The fourth-order valence-electron chi connectivity index (χ4n) is 1.87. The fraction of sp³-hybridized carbons (Fsp3) is 0.133. The van der Waals surface area contributed by atoms with E-state index in [0.717, 1.165) is 5.56 Å². The summed E-state index contributed by atoms with van der Waals surface area (Å²) in [6.07, 6.45) is 0.956. The van der Waals surface area contributed by atoms with Crippen LogP contribution in [0.3, 0.4) is 0 Å². The number of benzene rings is 2. The molecule has 0 aliphatic heterocycles. The lowest BCUT2D eigenvalue weighted by Crippen LogP contribution is -2.12. The average molecular weight is 289 g/mol. The van der Waals surface area contributed by atoms with E-state index in [9.17, 15) is 13.2 Å². The number of hydrogen-bond donors (Lipinski definition) is 1. The SMILES string of the molecule is NS(=O)(=O)c1ccc(CCC(=O)c2ccccc2)cc1. The molecule has 0 unspecified atom stereocenters. The summed E-state index contributed by atoms with van der Waals surface area (Å²) in [5, 5.41) is 5.02. The predicted octanol–water partition coefficient (Wildman–Crippen LogP) is 2.15. The number of hydrogen-bond acceptors (Lipinski definition) is 3. The average Bonchev–Trinajstić information content (AvgIpc) is 2.45. The van der Waals surface area contributed by atoms with Gasteiger partial charge in [0.05, 0.1) is 4.90 Å². The van der Waals surface area contributed by atoms with Gasteiger partial charge in [-0.1, -0.05) is 42.5 Å². The van der Waals surface area contributed by atoms with Gasteiger partial charge in [0.1, 0.15) is 0 Å². The zero-order valence-electron chi connectivity index (χ0n) is 10.8. The van der Waals surface area contributed by atoms with Crippen molar-refractivity contribution in [1.82, 2.24) is 0 Å². The molecular weight excluding hydrogens is 274 g/mol. The number of rotatable bonds is 5. The number of sulfonamides is 1. The molecule has 0 spiro atoms. The molecule has 2 rings (SSSR count). The van der Waals surface area contributed by atoms with E-state index in [4.69, 9.17) is 5.14 Å². The summed E-state index contributed by atoms with van der Waals surface area (Å²) in [5.41, 5.74) is 1.59. The van der Waals surface area contributed by atoms with Crippen molar-refractivity contribution in [1.29, 1.82) is 0 Å². The molecule has 2 N–H and O–H groups in total. The van der Waals surface area contributed by atoms with E-state index in [1.165, 1.54) is 12.1 Å². The summed E-state index contributed by atoms with van der Waals surface area (Å²) in [4.78, 5) is 12.0. The van der Waals surface area contributed by atoms with Crippen LogP contribution in [-0.2, 0) is 16.4 Å². The second-order valence-corrected chi connectivity index (χ2v) is 6.04. The second kappa shape index (κ2) is 5.98. The Labute approximate surface area is 118 Å². The molecule has 2 aromatic rings. The Morgan fingerprint density at radius 2 is 1.55 bits per heavy atom. The van der Waals surface area contributed by atoms with Crippen LogP contribution in [0.15, 0.2) is 59.5 Å². The van der Waals surface area contributed by atoms with Crippen LogP contribution in [0.5, 0.6) is 0 Å². The standard InChI is InChI=1S/C15H15NO3S/c16-20(18,19)14-9-6-12(7-10-14)8-11-15(17)13-4-2-1-3-5-13/h1-7,9-10H,8,11H2,(H2,16,18,19). The van der Waals surface area contributed by atoms with E-state index in [1.54, 1.807) is 24.3 Å². The number of nitrogens with two attached hydrogens (primary N) is 1. The molecule has 0 fully saturated rings. The van der Waals surface area contributed by atoms with Crippen molar-refractivity contribution in [3.8, 4) is 0 Å². The van der Waals surface area contributed by atoms with Gasteiger partial charge in [0, 0.05) is 12.0 Å². The maximum atomic E-state index is 11.9. The van der Waals surface area contributed by atoms with E-state index in [0.29, 0.717) is 18.4 Å². The number of Topliss-reactive ketones (excluding diaryl/α,β-unsaturated/α-hetero) is 1. The minimum Gasteiger partial charge on any atom is -0.294 e. The summed E-state index contributed by atoms with van der Waals surface area (Å²) in [7, 11) is -3.66. The van der Waals surface area contributed by atoms with Gasteiger partial charge < -0.3 is 0 Å². The predicted molar refractivity (Wildman–Crippen MR) is 76.9 cm³/mol. The van der Waals surface area contributed by atoms with Gasteiger partial charge in [-0.2, -0.15) is 0 Å². The zero-order valence-corrected chi connectivity index (χ0v) is 11.6. The Balaban J connectivity index is 2.00. The van der Waals surface area contributed by atoms with Gasteiger partial charge in [-0.25, -0.2) is 13.6 Å². The third-order valence-corrected chi connectivity index (χ3v) is 3.92. The van der Waals surface area contributed by atoms with Crippen molar-refractivity contribution < 1.29 is 13.2 Å². The van der Waals surface area contributed by atoms with E-state index in [1.807, 2.05) is 18.2 Å². The molecule has 0 aliphatic rings. The van der Waals surface area contributed by atoms with Crippen molar-refractivity contribution in [2.45, 2.75) is 17.7 Å². The summed E-state index contributed by atoms with van der Waals surface area (Å²) in [5.74, 6) is 0.0705. The molecule has 0 radical (unpaired) electrons.